The van der Waals surface area contributed by atoms with E-state index in [4.69, 9.17) is 4.74 Å². The van der Waals surface area contributed by atoms with Crippen LogP contribution < -0.4 is 5.32 Å². The minimum atomic E-state index is -1.42. The Morgan fingerprint density at radius 3 is 2.18 bits per heavy atom. The van der Waals surface area contributed by atoms with Gasteiger partial charge in [-0.15, -0.1) is 0 Å². The number of aliphatic hydroxyl groups is 4. The lowest BCUT2D eigenvalue weighted by molar-refractivity contribution is -0.131. The standard InChI is InChI=1S/C21H25NO6/c23-17(14-9-5-2-6-10-14)21(27)22-16-15(18(24)20(26)19(16)25)12-28-11-13-7-3-1-4-8-13/h1-10,15-20,23-26H,11-12H2,(H,22,27)/t15-,16-,17-,18+,19+,20+/m0/s1. The van der Waals surface area contributed by atoms with Gasteiger partial charge in [0, 0.05) is 5.92 Å². The van der Waals surface area contributed by atoms with Gasteiger partial charge in [-0.1, -0.05) is 60.7 Å². The van der Waals surface area contributed by atoms with E-state index in [0.717, 1.165) is 5.56 Å². The molecule has 7 heteroatoms. The highest BCUT2D eigenvalue weighted by Crippen LogP contribution is 2.29. The fourth-order valence-corrected chi connectivity index (χ4v) is 3.45. The zero-order valence-corrected chi connectivity index (χ0v) is 15.3. The van der Waals surface area contributed by atoms with Gasteiger partial charge >= 0.3 is 0 Å². The van der Waals surface area contributed by atoms with Crippen LogP contribution in [0.4, 0.5) is 0 Å². The van der Waals surface area contributed by atoms with Gasteiger partial charge < -0.3 is 30.5 Å². The fraction of sp³-hybridized carbons (Fsp3) is 0.381. The molecular formula is C21H25NO6. The second kappa shape index (κ2) is 9.27. The molecule has 3 rings (SSSR count). The van der Waals surface area contributed by atoms with Crippen LogP contribution in [0.1, 0.15) is 17.2 Å². The first kappa shape index (κ1) is 20.4. The average molecular weight is 387 g/mol. The van der Waals surface area contributed by atoms with Gasteiger partial charge in [-0.3, -0.25) is 4.79 Å². The lowest BCUT2D eigenvalue weighted by Crippen LogP contribution is -2.48. The molecule has 1 saturated carbocycles. The maximum absolute atomic E-state index is 12.4. The number of carbonyl (C=O) groups is 1. The van der Waals surface area contributed by atoms with Crippen molar-refractivity contribution in [1.82, 2.24) is 5.32 Å². The predicted molar refractivity (Wildman–Crippen MR) is 101 cm³/mol. The van der Waals surface area contributed by atoms with Crippen LogP contribution in [-0.4, -0.2) is 57.3 Å². The second-order valence-electron chi connectivity index (χ2n) is 6.98. The minimum Gasteiger partial charge on any atom is -0.390 e. The molecule has 0 radical (unpaired) electrons. The van der Waals surface area contributed by atoms with E-state index < -0.39 is 42.3 Å². The SMILES string of the molecule is O=C(N[C@@H]1[C@@H](O)[C@H](O)[C@H](O)[C@H]1COCc1ccccc1)[C@@H](O)c1ccccc1. The molecule has 0 bridgehead atoms. The highest BCUT2D eigenvalue weighted by Gasteiger charge is 2.49. The van der Waals surface area contributed by atoms with Gasteiger partial charge in [0.15, 0.2) is 6.10 Å². The summed E-state index contributed by atoms with van der Waals surface area (Å²) < 4.78 is 5.63. The number of ether oxygens (including phenoxy) is 1. The van der Waals surface area contributed by atoms with Crippen molar-refractivity contribution in [2.75, 3.05) is 6.61 Å². The minimum absolute atomic E-state index is 0.0244. The van der Waals surface area contributed by atoms with Crippen LogP contribution in [0.15, 0.2) is 60.7 Å². The Balaban J connectivity index is 1.63. The maximum atomic E-state index is 12.4. The molecule has 150 valence electrons. The van der Waals surface area contributed by atoms with E-state index in [-0.39, 0.29) is 6.61 Å². The Kier molecular flexibility index (Phi) is 6.77. The number of carbonyl (C=O) groups excluding carboxylic acids is 1. The Hall–Kier alpha value is -2.29. The van der Waals surface area contributed by atoms with Crippen molar-refractivity contribution in [3.63, 3.8) is 0 Å². The maximum Gasteiger partial charge on any atom is 0.253 e. The summed E-state index contributed by atoms with van der Waals surface area (Å²) in [6.07, 6.45) is -5.46. The molecular weight excluding hydrogens is 362 g/mol. The van der Waals surface area contributed by atoms with Gasteiger partial charge in [-0.2, -0.15) is 0 Å². The van der Waals surface area contributed by atoms with E-state index in [9.17, 15) is 25.2 Å². The summed E-state index contributed by atoms with van der Waals surface area (Å²) in [7, 11) is 0. The highest BCUT2D eigenvalue weighted by molar-refractivity contribution is 5.82. The van der Waals surface area contributed by atoms with E-state index in [1.807, 2.05) is 30.3 Å². The number of hydrogen-bond donors (Lipinski definition) is 5. The lowest BCUT2D eigenvalue weighted by atomic mass is 10.0. The van der Waals surface area contributed by atoms with Crippen LogP contribution in [0, 0.1) is 5.92 Å². The number of rotatable bonds is 7. The molecule has 0 heterocycles. The first-order valence-corrected chi connectivity index (χ1v) is 9.18. The quantitative estimate of drug-likeness (QED) is 0.461. The molecule has 1 fully saturated rings. The predicted octanol–water partition coefficient (Wildman–Crippen LogP) is 0.134. The molecule has 0 saturated heterocycles. The molecule has 0 aromatic heterocycles. The van der Waals surface area contributed by atoms with Crippen molar-refractivity contribution in [1.29, 1.82) is 0 Å². The van der Waals surface area contributed by atoms with Gasteiger partial charge in [0.05, 0.1) is 25.4 Å². The molecule has 6 atom stereocenters. The third-order valence-corrected chi connectivity index (χ3v) is 5.06. The number of benzene rings is 2. The van der Waals surface area contributed by atoms with Gasteiger partial charge in [-0.25, -0.2) is 0 Å². The number of amides is 1. The molecule has 1 aliphatic rings. The summed E-state index contributed by atoms with van der Waals surface area (Å²) >= 11 is 0. The Morgan fingerprint density at radius 2 is 1.54 bits per heavy atom. The van der Waals surface area contributed by atoms with Crippen LogP contribution in [0.25, 0.3) is 0 Å². The van der Waals surface area contributed by atoms with E-state index in [0.29, 0.717) is 12.2 Å². The summed E-state index contributed by atoms with van der Waals surface area (Å²) in [6, 6.07) is 16.9. The first-order chi connectivity index (χ1) is 13.5. The molecule has 7 nitrogen and oxygen atoms in total. The first-order valence-electron chi connectivity index (χ1n) is 9.18. The Labute approximate surface area is 163 Å². The highest BCUT2D eigenvalue weighted by atomic mass is 16.5. The summed E-state index contributed by atoms with van der Waals surface area (Å²) in [4.78, 5) is 12.4. The van der Waals surface area contributed by atoms with Crippen molar-refractivity contribution < 1.29 is 30.0 Å². The fourth-order valence-electron chi connectivity index (χ4n) is 3.45. The topological polar surface area (TPSA) is 119 Å². The summed E-state index contributed by atoms with van der Waals surface area (Å²) in [5.74, 6) is -1.44. The zero-order chi connectivity index (χ0) is 20.1. The van der Waals surface area contributed by atoms with Crippen molar-refractivity contribution >= 4 is 5.91 Å². The van der Waals surface area contributed by atoms with Crippen LogP contribution in [0.2, 0.25) is 0 Å². The molecule has 2 aromatic carbocycles. The average Bonchev–Trinajstić information content (AvgIpc) is 2.93. The molecule has 5 N–H and O–H groups in total. The molecule has 0 aliphatic heterocycles. The molecule has 0 spiro atoms. The molecule has 1 amide bonds. The summed E-state index contributed by atoms with van der Waals surface area (Å²) in [6.45, 7) is 0.320. The monoisotopic (exact) mass is 387 g/mol. The molecule has 28 heavy (non-hydrogen) atoms. The largest absolute Gasteiger partial charge is 0.390 e. The number of hydrogen-bond acceptors (Lipinski definition) is 6. The Bertz CT molecular complexity index is 756. The lowest BCUT2D eigenvalue weighted by Gasteiger charge is -2.25. The molecule has 2 aromatic rings. The van der Waals surface area contributed by atoms with Crippen LogP contribution in [0.5, 0.6) is 0 Å². The zero-order valence-electron chi connectivity index (χ0n) is 15.3. The van der Waals surface area contributed by atoms with Crippen LogP contribution >= 0.6 is 0 Å². The van der Waals surface area contributed by atoms with Crippen molar-refractivity contribution in [3.8, 4) is 0 Å². The summed E-state index contributed by atoms with van der Waals surface area (Å²) in [5, 5.41) is 43.3. The molecule has 0 unspecified atom stereocenters. The van der Waals surface area contributed by atoms with E-state index in [2.05, 4.69) is 5.32 Å². The second-order valence-corrected chi connectivity index (χ2v) is 6.98. The van der Waals surface area contributed by atoms with Crippen molar-refractivity contribution in [2.45, 2.75) is 37.1 Å². The van der Waals surface area contributed by atoms with Gasteiger partial charge in [-0.05, 0) is 11.1 Å². The van der Waals surface area contributed by atoms with E-state index >= 15 is 0 Å². The molecule has 1 aliphatic carbocycles. The van der Waals surface area contributed by atoms with E-state index in [1.54, 1.807) is 30.3 Å². The van der Waals surface area contributed by atoms with E-state index in [1.165, 1.54) is 0 Å². The van der Waals surface area contributed by atoms with Gasteiger partial charge in [0.25, 0.3) is 5.91 Å². The summed E-state index contributed by atoms with van der Waals surface area (Å²) in [5.41, 5.74) is 1.35. The van der Waals surface area contributed by atoms with Gasteiger partial charge in [0.1, 0.15) is 12.2 Å². The van der Waals surface area contributed by atoms with Crippen LogP contribution in [-0.2, 0) is 16.1 Å². The smallest absolute Gasteiger partial charge is 0.253 e. The van der Waals surface area contributed by atoms with Crippen molar-refractivity contribution in [3.05, 3.63) is 71.8 Å². The number of aliphatic hydroxyl groups excluding tert-OH is 4. The Morgan fingerprint density at radius 1 is 0.929 bits per heavy atom. The van der Waals surface area contributed by atoms with Crippen LogP contribution in [0.3, 0.4) is 0 Å². The normalized spacial score (nSPS) is 28.1. The third kappa shape index (κ3) is 4.57. The van der Waals surface area contributed by atoms with Gasteiger partial charge in [0.2, 0.25) is 0 Å². The van der Waals surface area contributed by atoms with Crippen molar-refractivity contribution in [2.24, 2.45) is 5.92 Å². The number of nitrogens with one attached hydrogen (secondary N) is 1. The third-order valence-electron chi connectivity index (χ3n) is 5.06.